The van der Waals surface area contributed by atoms with E-state index in [1.807, 2.05) is 7.05 Å². The van der Waals surface area contributed by atoms with Crippen molar-refractivity contribution in [3.63, 3.8) is 0 Å². The van der Waals surface area contributed by atoms with Gasteiger partial charge in [0.05, 0.1) is 5.56 Å². The van der Waals surface area contributed by atoms with Crippen molar-refractivity contribution in [3.8, 4) is 11.8 Å². The number of nitrogens with zero attached hydrogens (tertiary/aromatic N) is 1. The Morgan fingerprint density at radius 2 is 2.36 bits per heavy atom. The van der Waals surface area contributed by atoms with Crippen LogP contribution in [-0.4, -0.2) is 20.2 Å². The van der Waals surface area contributed by atoms with E-state index >= 15 is 0 Å². The first-order chi connectivity index (χ1) is 6.77. The molecule has 0 saturated heterocycles. The van der Waals surface area contributed by atoms with Crippen LogP contribution in [0.15, 0.2) is 22.7 Å². The third-order valence-corrected chi connectivity index (χ3v) is 2.34. The van der Waals surface area contributed by atoms with Gasteiger partial charge in [-0.3, -0.25) is 0 Å². The van der Waals surface area contributed by atoms with E-state index in [2.05, 4.69) is 27.3 Å². The first-order valence-corrected chi connectivity index (χ1v) is 5.04. The molecule has 0 aliphatic rings. The molecule has 0 bridgehead atoms. The van der Waals surface area contributed by atoms with Crippen LogP contribution in [0, 0.1) is 11.3 Å². The highest BCUT2D eigenvalue weighted by Gasteiger charge is 2.00. The fraction of sp³-hybridized carbons (Fsp3) is 0.300. The molecule has 0 amide bonds. The maximum Gasteiger partial charge on any atom is 0.120 e. The van der Waals surface area contributed by atoms with Gasteiger partial charge in [-0.05, 0) is 41.2 Å². The highest BCUT2D eigenvalue weighted by atomic mass is 79.9. The van der Waals surface area contributed by atoms with Crippen molar-refractivity contribution in [2.75, 3.05) is 20.2 Å². The summed E-state index contributed by atoms with van der Waals surface area (Å²) < 4.78 is 6.19. The Kier molecular flexibility index (Phi) is 4.44. The molecule has 0 aromatic heterocycles. The predicted octanol–water partition coefficient (Wildman–Crippen LogP) is 1.92. The summed E-state index contributed by atoms with van der Waals surface area (Å²) >= 11 is 3.30. The lowest BCUT2D eigenvalue weighted by Crippen LogP contribution is -2.15. The van der Waals surface area contributed by atoms with Crippen LogP contribution >= 0.6 is 15.9 Å². The first kappa shape index (κ1) is 11.0. The molecular formula is C10H11BrN2O. The Bertz CT molecular complexity index is 346. The maximum absolute atomic E-state index is 8.69. The zero-order valence-electron chi connectivity index (χ0n) is 7.88. The van der Waals surface area contributed by atoms with Crippen molar-refractivity contribution in [1.82, 2.24) is 5.32 Å². The molecule has 3 nitrogen and oxygen atoms in total. The van der Waals surface area contributed by atoms with Crippen LogP contribution in [0.2, 0.25) is 0 Å². The van der Waals surface area contributed by atoms with E-state index in [0.29, 0.717) is 12.2 Å². The third kappa shape index (κ3) is 3.02. The number of halogens is 1. The molecule has 1 aromatic carbocycles. The summed E-state index contributed by atoms with van der Waals surface area (Å²) in [6, 6.07) is 7.40. The smallest absolute Gasteiger partial charge is 0.120 e. The van der Waals surface area contributed by atoms with E-state index < -0.39 is 0 Å². The van der Waals surface area contributed by atoms with E-state index in [0.717, 1.165) is 16.8 Å². The summed E-state index contributed by atoms with van der Waals surface area (Å²) in [7, 11) is 1.87. The number of likely N-dealkylation sites (N-methyl/N-ethyl adjacent to an activating group) is 1. The van der Waals surface area contributed by atoms with Gasteiger partial charge in [0.2, 0.25) is 0 Å². The van der Waals surface area contributed by atoms with E-state index in [9.17, 15) is 0 Å². The van der Waals surface area contributed by atoms with E-state index in [-0.39, 0.29) is 0 Å². The molecule has 0 atom stereocenters. The van der Waals surface area contributed by atoms with Gasteiger partial charge in [-0.2, -0.15) is 5.26 Å². The number of nitriles is 1. The zero-order chi connectivity index (χ0) is 10.4. The third-order valence-electron chi connectivity index (χ3n) is 1.68. The average Bonchev–Trinajstić information content (AvgIpc) is 2.18. The summed E-state index contributed by atoms with van der Waals surface area (Å²) in [6.07, 6.45) is 0. The van der Waals surface area contributed by atoms with Gasteiger partial charge < -0.3 is 10.1 Å². The number of nitrogens with one attached hydrogen (secondary N) is 1. The summed E-state index contributed by atoms with van der Waals surface area (Å²) in [4.78, 5) is 0. The van der Waals surface area contributed by atoms with Crippen LogP contribution in [0.25, 0.3) is 0 Å². The molecule has 0 unspecified atom stereocenters. The summed E-state index contributed by atoms with van der Waals surface area (Å²) in [5, 5.41) is 11.7. The Morgan fingerprint density at radius 1 is 1.57 bits per heavy atom. The normalized spacial score (nSPS) is 9.50. The molecule has 1 N–H and O–H groups in total. The summed E-state index contributed by atoms with van der Waals surface area (Å²) in [5.41, 5.74) is 0.617. The molecule has 0 saturated carbocycles. The van der Waals surface area contributed by atoms with Crippen LogP contribution in [0.4, 0.5) is 0 Å². The predicted molar refractivity (Wildman–Crippen MR) is 58.3 cm³/mol. The standard InChI is InChI=1S/C10H11BrN2O/c1-13-4-5-14-9-3-2-8(7-12)10(11)6-9/h2-3,6,13H,4-5H2,1H3. The fourth-order valence-electron chi connectivity index (χ4n) is 0.947. The number of ether oxygens (including phenoxy) is 1. The Morgan fingerprint density at radius 3 is 2.93 bits per heavy atom. The lowest BCUT2D eigenvalue weighted by Gasteiger charge is -2.06. The quantitative estimate of drug-likeness (QED) is 0.836. The molecule has 14 heavy (non-hydrogen) atoms. The minimum absolute atomic E-state index is 0.617. The number of hydrogen-bond donors (Lipinski definition) is 1. The van der Waals surface area contributed by atoms with Gasteiger partial charge in [0, 0.05) is 11.0 Å². The second kappa shape index (κ2) is 5.63. The Hall–Kier alpha value is -1.05. The van der Waals surface area contributed by atoms with E-state index in [4.69, 9.17) is 10.00 Å². The van der Waals surface area contributed by atoms with Crippen molar-refractivity contribution in [1.29, 1.82) is 5.26 Å². The fourth-order valence-corrected chi connectivity index (χ4v) is 1.39. The number of hydrogen-bond acceptors (Lipinski definition) is 3. The number of benzene rings is 1. The van der Waals surface area contributed by atoms with Gasteiger partial charge >= 0.3 is 0 Å². The van der Waals surface area contributed by atoms with E-state index in [1.54, 1.807) is 18.2 Å². The van der Waals surface area contributed by atoms with Gasteiger partial charge in [-0.1, -0.05) is 0 Å². The maximum atomic E-state index is 8.69. The molecule has 0 fully saturated rings. The molecule has 0 spiro atoms. The molecule has 0 radical (unpaired) electrons. The Labute approximate surface area is 91.8 Å². The zero-order valence-corrected chi connectivity index (χ0v) is 9.47. The molecule has 0 aliphatic carbocycles. The highest BCUT2D eigenvalue weighted by Crippen LogP contribution is 2.22. The average molecular weight is 255 g/mol. The molecular weight excluding hydrogens is 244 g/mol. The van der Waals surface area contributed by atoms with Gasteiger partial charge in [-0.25, -0.2) is 0 Å². The van der Waals surface area contributed by atoms with Gasteiger partial charge in [-0.15, -0.1) is 0 Å². The van der Waals surface area contributed by atoms with Crippen LogP contribution in [0.5, 0.6) is 5.75 Å². The monoisotopic (exact) mass is 254 g/mol. The molecule has 74 valence electrons. The van der Waals surface area contributed by atoms with Gasteiger partial charge in [0.15, 0.2) is 0 Å². The second-order valence-electron chi connectivity index (χ2n) is 2.71. The molecule has 0 aliphatic heterocycles. The van der Waals surface area contributed by atoms with E-state index in [1.165, 1.54) is 0 Å². The summed E-state index contributed by atoms with van der Waals surface area (Å²) in [6.45, 7) is 1.42. The summed E-state index contributed by atoms with van der Waals surface area (Å²) in [5.74, 6) is 0.770. The second-order valence-corrected chi connectivity index (χ2v) is 3.56. The molecule has 0 heterocycles. The van der Waals surface area contributed by atoms with Crippen LogP contribution in [0.1, 0.15) is 5.56 Å². The largest absolute Gasteiger partial charge is 0.492 e. The highest BCUT2D eigenvalue weighted by molar-refractivity contribution is 9.10. The Balaban J connectivity index is 2.63. The van der Waals surface area contributed by atoms with Crippen molar-refractivity contribution in [3.05, 3.63) is 28.2 Å². The van der Waals surface area contributed by atoms with Gasteiger partial charge in [0.1, 0.15) is 18.4 Å². The van der Waals surface area contributed by atoms with Gasteiger partial charge in [0.25, 0.3) is 0 Å². The van der Waals surface area contributed by atoms with Crippen molar-refractivity contribution < 1.29 is 4.74 Å². The van der Waals surface area contributed by atoms with Crippen molar-refractivity contribution in [2.45, 2.75) is 0 Å². The topological polar surface area (TPSA) is 45.0 Å². The molecule has 1 aromatic rings. The lowest BCUT2D eigenvalue weighted by molar-refractivity contribution is 0.318. The minimum Gasteiger partial charge on any atom is -0.492 e. The van der Waals surface area contributed by atoms with Crippen molar-refractivity contribution >= 4 is 15.9 Å². The molecule has 1 rings (SSSR count). The minimum atomic E-state index is 0.617. The molecule has 4 heteroatoms. The first-order valence-electron chi connectivity index (χ1n) is 4.25. The van der Waals surface area contributed by atoms with Crippen LogP contribution < -0.4 is 10.1 Å². The van der Waals surface area contributed by atoms with Crippen molar-refractivity contribution in [2.24, 2.45) is 0 Å². The lowest BCUT2D eigenvalue weighted by atomic mass is 10.2. The SMILES string of the molecule is CNCCOc1ccc(C#N)c(Br)c1. The van der Waals surface area contributed by atoms with Crippen LogP contribution in [0.3, 0.4) is 0 Å². The van der Waals surface area contributed by atoms with Crippen LogP contribution in [-0.2, 0) is 0 Å². The number of rotatable bonds is 4.